The molecule has 2 heterocycles. The van der Waals surface area contributed by atoms with Crippen molar-refractivity contribution in [2.24, 2.45) is 5.73 Å². The Morgan fingerprint density at radius 3 is 2.24 bits per heavy atom. The van der Waals surface area contributed by atoms with E-state index < -0.39 is 19.6 Å². The Kier molecular flexibility index (Phi) is 8.00. The normalized spacial score (nSPS) is 11.8. The Bertz CT molecular complexity index is 1100. The number of ether oxygens (including phenoxy) is 1. The largest absolute Gasteiger partial charge is 0.411 e. The van der Waals surface area contributed by atoms with E-state index in [1.165, 1.54) is 6.20 Å². The third-order valence-corrected chi connectivity index (χ3v) is 12.5. The molecule has 0 saturated carbocycles. The maximum Gasteiger partial charge on any atom is 0.411 e. The minimum absolute atomic E-state index is 0.00967. The van der Waals surface area contributed by atoms with Crippen molar-refractivity contribution in [2.75, 3.05) is 0 Å². The number of hydrogen-bond acceptors (Lipinski definition) is 6. The molecule has 7 nitrogen and oxygen atoms in total. The number of amides is 1. The Balaban J connectivity index is 2.68. The van der Waals surface area contributed by atoms with Crippen LogP contribution in [0.1, 0.15) is 66.8 Å². The van der Waals surface area contributed by atoms with Gasteiger partial charge in [0, 0.05) is 11.8 Å². The lowest BCUT2D eigenvalue weighted by Crippen LogP contribution is -2.43. The molecule has 0 radical (unpaired) electrons. The number of pyridine rings is 1. The number of carbonyl (C=O) groups excluding carboxylic acids is 1. The third kappa shape index (κ3) is 5.58. The van der Waals surface area contributed by atoms with Gasteiger partial charge in [0.15, 0.2) is 5.69 Å². The minimum Gasteiger partial charge on any atom is -0.388 e. The molecule has 0 atom stereocenters. The van der Waals surface area contributed by atoms with Gasteiger partial charge in [-0.3, -0.25) is 4.98 Å². The van der Waals surface area contributed by atoms with E-state index in [2.05, 4.69) is 74.0 Å². The Morgan fingerprint density at radius 1 is 1.12 bits per heavy atom. The van der Waals surface area contributed by atoms with Gasteiger partial charge in [-0.25, -0.2) is 14.8 Å². The van der Waals surface area contributed by atoms with Crippen molar-refractivity contribution in [1.29, 1.82) is 5.26 Å². The first kappa shape index (κ1) is 26.0. The van der Waals surface area contributed by atoms with Crippen molar-refractivity contribution in [3.05, 3.63) is 35.9 Å². The Morgan fingerprint density at radius 2 is 1.73 bits per heavy atom. The van der Waals surface area contributed by atoms with Crippen molar-refractivity contribution in [1.82, 2.24) is 15.0 Å². The molecule has 0 spiro atoms. The summed E-state index contributed by atoms with van der Waals surface area (Å²) in [4.78, 5) is 24.7. The molecular weight excluding hydrogens is 430 g/mol. The predicted molar refractivity (Wildman–Crippen MR) is 132 cm³/mol. The van der Waals surface area contributed by atoms with E-state index >= 15 is 0 Å². The second-order valence-corrected chi connectivity index (χ2v) is 15.2. The number of nitrogens with zero attached hydrogens (tertiary/aromatic N) is 4. The standard InChI is InChI=1S/C25H33N5O2Si/c1-16(2)33(17(3)4,18(5)6)12-10-20-23(32-24(27)31)29-14-21(30-20)19-9-11-28-22(13-19)25(7,8)15-26/h9,11,13-14,16-18H,1-8H3,(H2,27,31). The molecular formula is C25H33N5O2Si. The lowest BCUT2D eigenvalue weighted by atomic mass is 9.90. The van der Waals surface area contributed by atoms with E-state index in [4.69, 9.17) is 10.5 Å². The van der Waals surface area contributed by atoms with Crippen molar-refractivity contribution < 1.29 is 9.53 Å². The summed E-state index contributed by atoms with van der Waals surface area (Å²) in [5.74, 6) is 3.20. The number of carbonyl (C=O) groups is 1. The van der Waals surface area contributed by atoms with E-state index in [1.807, 2.05) is 6.07 Å². The van der Waals surface area contributed by atoms with Crippen LogP contribution < -0.4 is 10.5 Å². The highest BCUT2D eigenvalue weighted by atomic mass is 28.3. The Hall–Kier alpha value is -3.23. The molecule has 0 unspecified atom stereocenters. The first-order valence-electron chi connectivity index (χ1n) is 11.1. The molecule has 2 rings (SSSR count). The van der Waals surface area contributed by atoms with Crippen LogP contribution >= 0.6 is 0 Å². The van der Waals surface area contributed by atoms with Gasteiger partial charge in [0.25, 0.3) is 5.88 Å². The molecule has 33 heavy (non-hydrogen) atoms. The quantitative estimate of drug-likeness (QED) is 0.455. The van der Waals surface area contributed by atoms with Crippen LogP contribution in [-0.2, 0) is 5.41 Å². The van der Waals surface area contributed by atoms with Crippen LogP contribution in [-0.4, -0.2) is 29.1 Å². The van der Waals surface area contributed by atoms with Crippen molar-refractivity contribution in [2.45, 2.75) is 77.4 Å². The maximum absolute atomic E-state index is 11.4. The molecule has 2 aromatic heterocycles. The molecule has 0 aromatic carbocycles. The highest BCUT2D eigenvalue weighted by Crippen LogP contribution is 2.41. The van der Waals surface area contributed by atoms with E-state index in [0.717, 1.165) is 5.56 Å². The van der Waals surface area contributed by atoms with Crippen LogP contribution in [0.5, 0.6) is 5.88 Å². The first-order chi connectivity index (χ1) is 15.3. The van der Waals surface area contributed by atoms with Gasteiger partial charge >= 0.3 is 6.09 Å². The summed E-state index contributed by atoms with van der Waals surface area (Å²) >= 11 is 0. The summed E-state index contributed by atoms with van der Waals surface area (Å²) in [6.07, 6.45) is 2.17. The zero-order chi connectivity index (χ0) is 25.0. The van der Waals surface area contributed by atoms with Crippen LogP contribution in [0, 0.1) is 22.8 Å². The van der Waals surface area contributed by atoms with Crippen LogP contribution in [0.4, 0.5) is 4.79 Å². The molecule has 0 aliphatic heterocycles. The second-order valence-electron chi connectivity index (χ2n) is 9.64. The Labute approximate surface area is 197 Å². The molecule has 0 fully saturated rings. The van der Waals surface area contributed by atoms with E-state index in [1.54, 1.807) is 26.1 Å². The summed E-state index contributed by atoms with van der Waals surface area (Å²) in [5, 5.41) is 9.46. The molecule has 8 heteroatoms. The average Bonchev–Trinajstić information content (AvgIpc) is 2.74. The zero-order valence-corrected chi connectivity index (χ0v) is 21.7. The van der Waals surface area contributed by atoms with Crippen molar-refractivity contribution in [3.63, 3.8) is 0 Å². The third-order valence-electron chi connectivity index (χ3n) is 6.18. The highest BCUT2D eigenvalue weighted by Gasteiger charge is 2.41. The number of rotatable bonds is 6. The summed E-state index contributed by atoms with van der Waals surface area (Å²) in [6, 6.07) is 5.87. The number of nitriles is 1. The SMILES string of the molecule is CC(C)[Si](C#Cc1nc(-c2ccnc(C(C)(C)C#N)c2)cnc1OC(N)=O)(C(C)C)C(C)C. The molecule has 0 aliphatic rings. The van der Waals surface area contributed by atoms with E-state index in [9.17, 15) is 10.1 Å². The number of hydrogen-bond donors (Lipinski definition) is 1. The fourth-order valence-corrected chi connectivity index (χ4v) is 9.56. The lowest BCUT2D eigenvalue weighted by Gasteiger charge is -2.38. The van der Waals surface area contributed by atoms with E-state index in [-0.39, 0.29) is 11.6 Å². The number of primary amides is 1. The van der Waals surface area contributed by atoms with Gasteiger partial charge in [-0.1, -0.05) is 41.5 Å². The van der Waals surface area contributed by atoms with Crippen molar-refractivity contribution >= 4 is 14.2 Å². The summed E-state index contributed by atoms with van der Waals surface area (Å²) in [5.41, 5.74) is 11.5. The molecule has 0 saturated heterocycles. The van der Waals surface area contributed by atoms with Crippen LogP contribution in [0.15, 0.2) is 24.5 Å². The van der Waals surface area contributed by atoms with Crippen molar-refractivity contribution in [3.8, 4) is 34.7 Å². The second kappa shape index (κ2) is 10.1. The molecule has 174 valence electrons. The van der Waals surface area contributed by atoms with Crippen LogP contribution in [0.3, 0.4) is 0 Å². The minimum atomic E-state index is -2.06. The first-order valence-corrected chi connectivity index (χ1v) is 13.3. The zero-order valence-electron chi connectivity index (χ0n) is 20.7. The summed E-state index contributed by atoms with van der Waals surface area (Å²) < 4.78 is 5.10. The molecule has 0 aliphatic carbocycles. The van der Waals surface area contributed by atoms with Gasteiger partial charge in [0.2, 0.25) is 0 Å². The summed E-state index contributed by atoms with van der Waals surface area (Å²) in [7, 11) is -2.06. The van der Waals surface area contributed by atoms with Gasteiger partial charge in [0.1, 0.15) is 8.07 Å². The van der Waals surface area contributed by atoms with Crippen LogP contribution in [0.2, 0.25) is 16.6 Å². The topological polar surface area (TPSA) is 115 Å². The van der Waals surface area contributed by atoms with Gasteiger partial charge in [-0.15, -0.1) is 5.54 Å². The molecule has 1 amide bonds. The summed E-state index contributed by atoms with van der Waals surface area (Å²) in [6.45, 7) is 16.9. The number of nitrogens with two attached hydrogens (primary N) is 1. The average molecular weight is 464 g/mol. The van der Waals surface area contributed by atoms with E-state index in [0.29, 0.717) is 28.0 Å². The smallest absolute Gasteiger partial charge is 0.388 e. The maximum atomic E-state index is 11.4. The fourth-order valence-electron chi connectivity index (χ4n) is 4.36. The molecule has 2 N–H and O–H groups in total. The lowest BCUT2D eigenvalue weighted by molar-refractivity contribution is 0.208. The fraction of sp³-hybridized carbons (Fsp3) is 0.480. The van der Waals surface area contributed by atoms with Gasteiger partial charge in [0.05, 0.1) is 29.1 Å². The van der Waals surface area contributed by atoms with Gasteiger partial charge < -0.3 is 10.5 Å². The predicted octanol–water partition coefficient (Wildman–Crippen LogP) is 5.37. The van der Waals surface area contributed by atoms with Gasteiger partial charge in [-0.05, 0) is 48.5 Å². The molecule has 0 bridgehead atoms. The van der Waals surface area contributed by atoms with Gasteiger partial charge in [-0.2, -0.15) is 5.26 Å². The highest BCUT2D eigenvalue weighted by molar-refractivity contribution is 6.90. The van der Waals surface area contributed by atoms with Crippen LogP contribution in [0.25, 0.3) is 11.3 Å². The number of aromatic nitrogens is 3. The molecule has 2 aromatic rings. The monoisotopic (exact) mass is 463 g/mol.